The van der Waals surface area contributed by atoms with Gasteiger partial charge in [0.25, 0.3) is 0 Å². The summed E-state index contributed by atoms with van der Waals surface area (Å²) in [7, 11) is 3.66. The summed E-state index contributed by atoms with van der Waals surface area (Å²) in [6.07, 6.45) is 6.10. The van der Waals surface area contributed by atoms with Gasteiger partial charge in [-0.3, -0.25) is 0 Å². The van der Waals surface area contributed by atoms with E-state index in [-0.39, 0.29) is 17.6 Å². The molecule has 2 fully saturated rings. The maximum atomic E-state index is 13.6. The van der Waals surface area contributed by atoms with E-state index in [0.29, 0.717) is 18.4 Å². The number of methoxy groups -OCH3 is 1. The molecule has 2 aromatic carbocycles. The third kappa shape index (κ3) is 7.90. The summed E-state index contributed by atoms with van der Waals surface area (Å²) in [4.78, 5) is 13.0. The molecule has 1 aliphatic carbocycles. The summed E-state index contributed by atoms with van der Waals surface area (Å²) < 4.78 is 18.7. The number of carbonyl (C=O) groups is 1. The van der Waals surface area contributed by atoms with Crippen LogP contribution >= 0.6 is 0 Å². The summed E-state index contributed by atoms with van der Waals surface area (Å²) >= 11 is 0. The zero-order valence-electron chi connectivity index (χ0n) is 20.9. The molecule has 1 heterocycles. The zero-order valence-corrected chi connectivity index (χ0v) is 20.9. The SMILES string of the molecule is CN1CCCNCC1.COc1cc(C(C)NC2CCC(c3ccc(CC=O)cc3)C2)ccc1F. The van der Waals surface area contributed by atoms with Crippen molar-refractivity contribution in [3.63, 3.8) is 0 Å². The quantitative estimate of drug-likeness (QED) is 0.586. The molecular formula is C28H40FN3O2. The average molecular weight is 470 g/mol. The number of hydrogen-bond acceptors (Lipinski definition) is 5. The van der Waals surface area contributed by atoms with Gasteiger partial charge in [0.05, 0.1) is 7.11 Å². The molecule has 3 unspecified atom stereocenters. The number of benzene rings is 2. The molecular weight excluding hydrogens is 429 g/mol. The first-order valence-electron chi connectivity index (χ1n) is 12.5. The molecule has 3 atom stereocenters. The van der Waals surface area contributed by atoms with Crippen molar-refractivity contribution in [3.05, 3.63) is 65.0 Å². The number of halogens is 1. The second-order valence-corrected chi connectivity index (χ2v) is 9.51. The fourth-order valence-electron chi connectivity index (χ4n) is 4.83. The van der Waals surface area contributed by atoms with E-state index in [1.165, 1.54) is 44.8 Å². The predicted octanol–water partition coefficient (Wildman–Crippen LogP) is 4.47. The fourth-order valence-corrected chi connectivity index (χ4v) is 4.83. The lowest BCUT2D eigenvalue weighted by Crippen LogP contribution is -2.29. The van der Waals surface area contributed by atoms with Crippen LogP contribution in [0.25, 0.3) is 0 Å². The monoisotopic (exact) mass is 469 g/mol. The van der Waals surface area contributed by atoms with E-state index in [9.17, 15) is 9.18 Å². The summed E-state index contributed by atoms with van der Waals surface area (Å²) in [5.41, 5.74) is 3.44. The third-order valence-electron chi connectivity index (χ3n) is 6.93. The van der Waals surface area contributed by atoms with Crippen molar-refractivity contribution >= 4 is 6.29 Å². The minimum absolute atomic E-state index is 0.142. The van der Waals surface area contributed by atoms with E-state index >= 15 is 0 Å². The van der Waals surface area contributed by atoms with Gasteiger partial charge in [-0.25, -0.2) is 4.39 Å². The van der Waals surface area contributed by atoms with Gasteiger partial charge in [-0.1, -0.05) is 30.3 Å². The van der Waals surface area contributed by atoms with E-state index in [4.69, 9.17) is 4.74 Å². The molecule has 2 N–H and O–H groups in total. The topological polar surface area (TPSA) is 53.6 Å². The van der Waals surface area contributed by atoms with Crippen LogP contribution in [0, 0.1) is 5.82 Å². The number of hydrogen-bond donors (Lipinski definition) is 2. The van der Waals surface area contributed by atoms with Crippen molar-refractivity contribution in [1.82, 2.24) is 15.5 Å². The van der Waals surface area contributed by atoms with Crippen molar-refractivity contribution in [2.45, 2.75) is 57.0 Å². The molecule has 1 saturated heterocycles. The maximum Gasteiger partial charge on any atom is 0.165 e. The van der Waals surface area contributed by atoms with Crippen LogP contribution in [-0.2, 0) is 11.2 Å². The van der Waals surface area contributed by atoms with E-state index in [0.717, 1.165) is 43.2 Å². The minimum atomic E-state index is -0.331. The Morgan fingerprint density at radius 3 is 2.71 bits per heavy atom. The highest BCUT2D eigenvalue weighted by Gasteiger charge is 2.27. The van der Waals surface area contributed by atoms with Gasteiger partial charge in [-0.2, -0.15) is 0 Å². The smallest absolute Gasteiger partial charge is 0.165 e. The van der Waals surface area contributed by atoms with Gasteiger partial charge in [0, 0.05) is 31.6 Å². The Bertz CT molecular complexity index is 882. The molecule has 2 aromatic rings. The van der Waals surface area contributed by atoms with E-state index < -0.39 is 0 Å². The van der Waals surface area contributed by atoms with Gasteiger partial charge in [0.1, 0.15) is 6.29 Å². The Labute approximate surface area is 204 Å². The summed E-state index contributed by atoms with van der Waals surface area (Å²) in [5, 5.41) is 7.01. The first-order valence-corrected chi connectivity index (χ1v) is 12.5. The summed E-state index contributed by atoms with van der Waals surface area (Å²) in [6, 6.07) is 14.0. The molecule has 0 aromatic heterocycles. The van der Waals surface area contributed by atoms with E-state index in [1.807, 2.05) is 6.07 Å². The maximum absolute atomic E-state index is 13.6. The Morgan fingerprint density at radius 2 is 1.97 bits per heavy atom. The van der Waals surface area contributed by atoms with Crippen molar-refractivity contribution in [1.29, 1.82) is 0 Å². The lowest BCUT2D eigenvalue weighted by atomic mass is 9.96. The van der Waals surface area contributed by atoms with Crippen LogP contribution in [0.5, 0.6) is 5.75 Å². The molecule has 1 aliphatic heterocycles. The summed E-state index contributed by atoms with van der Waals surface area (Å²) in [5.74, 6) is 0.506. The highest BCUT2D eigenvalue weighted by Crippen LogP contribution is 2.35. The second kappa shape index (κ2) is 13.6. The van der Waals surface area contributed by atoms with Crippen molar-refractivity contribution in [2.24, 2.45) is 0 Å². The van der Waals surface area contributed by atoms with Crippen LogP contribution in [0.15, 0.2) is 42.5 Å². The largest absolute Gasteiger partial charge is 0.494 e. The molecule has 6 heteroatoms. The Hall–Kier alpha value is -2.28. The molecule has 1 saturated carbocycles. The fraction of sp³-hybridized carbons (Fsp3) is 0.536. The lowest BCUT2D eigenvalue weighted by Gasteiger charge is -2.21. The molecule has 0 bridgehead atoms. The number of rotatable bonds is 7. The van der Waals surface area contributed by atoms with Crippen molar-refractivity contribution in [2.75, 3.05) is 40.3 Å². The number of nitrogens with zero attached hydrogens (tertiary/aromatic N) is 1. The highest BCUT2D eigenvalue weighted by atomic mass is 19.1. The molecule has 0 spiro atoms. The lowest BCUT2D eigenvalue weighted by molar-refractivity contribution is -0.107. The second-order valence-electron chi connectivity index (χ2n) is 9.51. The zero-order chi connectivity index (χ0) is 24.3. The van der Waals surface area contributed by atoms with Crippen LogP contribution in [-0.4, -0.2) is 57.6 Å². The normalized spacial score (nSPS) is 21.8. The molecule has 0 radical (unpaired) electrons. The van der Waals surface area contributed by atoms with Crippen LogP contribution in [0.2, 0.25) is 0 Å². The third-order valence-corrected chi connectivity index (χ3v) is 6.93. The first-order chi connectivity index (χ1) is 16.5. The van der Waals surface area contributed by atoms with Crippen molar-refractivity contribution < 1.29 is 13.9 Å². The molecule has 186 valence electrons. The number of likely N-dealkylation sites (N-methyl/N-ethyl adjacent to an activating group) is 1. The molecule has 0 amide bonds. The van der Waals surface area contributed by atoms with Crippen LogP contribution in [0.1, 0.15) is 61.3 Å². The Morgan fingerprint density at radius 1 is 1.18 bits per heavy atom. The number of nitrogens with one attached hydrogen (secondary N) is 2. The van der Waals surface area contributed by atoms with Crippen LogP contribution < -0.4 is 15.4 Å². The van der Waals surface area contributed by atoms with Gasteiger partial charge < -0.3 is 25.1 Å². The number of ether oxygens (including phenoxy) is 1. The first kappa shape index (κ1) is 26.3. The summed E-state index contributed by atoms with van der Waals surface area (Å²) in [6.45, 7) is 6.93. The molecule has 4 rings (SSSR count). The van der Waals surface area contributed by atoms with E-state index in [1.54, 1.807) is 6.07 Å². The molecule has 5 nitrogen and oxygen atoms in total. The van der Waals surface area contributed by atoms with E-state index in [2.05, 4.69) is 53.8 Å². The van der Waals surface area contributed by atoms with Crippen LogP contribution in [0.4, 0.5) is 4.39 Å². The standard InChI is InChI=1S/C22H26FNO2.C6H14N2/c1-15(18-8-10-21(23)22(14-18)26-2)24-20-9-7-19(13-20)17-5-3-16(4-6-17)11-12-25;1-8-5-2-3-7-4-6-8/h3-6,8,10,12,14-15,19-20,24H,7,9,11,13H2,1-2H3;7H,2-6H2,1H3. The molecule has 2 aliphatic rings. The highest BCUT2D eigenvalue weighted by molar-refractivity contribution is 5.54. The molecule has 34 heavy (non-hydrogen) atoms. The van der Waals surface area contributed by atoms with Gasteiger partial charge in [0.15, 0.2) is 11.6 Å². The predicted molar refractivity (Wildman–Crippen MR) is 136 cm³/mol. The van der Waals surface area contributed by atoms with Crippen LogP contribution in [0.3, 0.4) is 0 Å². The van der Waals surface area contributed by atoms with Gasteiger partial charge in [-0.05, 0) is 87.5 Å². The van der Waals surface area contributed by atoms with Gasteiger partial charge in [-0.15, -0.1) is 0 Å². The Kier molecular flexibility index (Phi) is 10.5. The van der Waals surface area contributed by atoms with Gasteiger partial charge >= 0.3 is 0 Å². The van der Waals surface area contributed by atoms with Gasteiger partial charge in [0.2, 0.25) is 0 Å². The number of aldehydes is 1. The Balaban J connectivity index is 0.000000343. The number of carbonyl (C=O) groups excluding carboxylic acids is 1. The van der Waals surface area contributed by atoms with Crippen molar-refractivity contribution in [3.8, 4) is 5.75 Å². The minimum Gasteiger partial charge on any atom is -0.494 e. The average Bonchev–Trinajstić information content (AvgIpc) is 3.17.